The van der Waals surface area contributed by atoms with Gasteiger partial charge in [-0.3, -0.25) is 9.59 Å². The lowest BCUT2D eigenvalue weighted by atomic mass is 10.3. The zero-order chi connectivity index (χ0) is 10.8. The molecule has 1 aliphatic rings. The van der Waals surface area contributed by atoms with Crippen molar-refractivity contribution in [3.8, 4) is 0 Å². The van der Waals surface area contributed by atoms with Crippen LogP contribution in [-0.2, 0) is 22.6 Å². The highest BCUT2D eigenvalue weighted by Crippen LogP contribution is 2.20. The van der Waals surface area contributed by atoms with Crippen LogP contribution in [0.4, 0.5) is 0 Å². The summed E-state index contributed by atoms with van der Waals surface area (Å²) in [7, 11) is 0. The normalized spacial score (nSPS) is 16.5. The van der Waals surface area contributed by atoms with Gasteiger partial charge in [0.2, 0.25) is 5.91 Å². The smallest absolute Gasteiger partial charge is 0.230 e. The summed E-state index contributed by atoms with van der Waals surface area (Å²) in [5.74, 6) is -0.00119. The van der Waals surface area contributed by atoms with Crippen molar-refractivity contribution in [2.24, 2.45) is 0 Å². The molecule has 1 aliphatic heterocycles. The molecule has 0 aliphatic carbocycles. The number of hydrogen-bond donors (Lipinski definition) is 0. The number of carbonyl (C=O) groups is 2. The molecule has 0 radical (unpaired) electrons. The Labute approximate surface area is 92.7 Å². The summed E-state index contributed by atoms with van der Waals surface area (Å²) >= 11 is 1.72. The Bertz CT molecular complexity index is 397. The number of Topliss-reactive ketones (excluding diaryl/α,β-unsaturated/α-hetero) is 1. The van der Waals surface area contributed by atoms with E-state index in [1.165, 1.54) is 4.88 Å². The molecule has 1 aromatic heterocycles. The first kappa shape index (κ1) is 10.4. The Hall–Kier alpha value is -1.16. The SMILES string of the molecule is CCc1ccc(CN2CC(=O)CC2=O)s1. The van der Waals surface area contributed by atoms with Crippen LogP contribution < -0.4 is 0 Å². The molecular formula is C11H13NO2S. The molecule has 1 saturated heterocycles. The first-order valence-electron chi connectivity index (χ1n) is 5.06. The van der Waals surface area contributed by atoms with Gasteiger partial charge in [0.15, 0.2) is 5.78 Å². The highest BCUT2D eigenvalue weighted by molar-refractivity contribution is 7.11. The fraction of sp³-hybridized carbons (Fsp3) is 0.455. The van der Waals surface area contributed by atoms with Gasteiger partial charge in [0.25, 0.3) is 0 Å². The number of rotatable bonds is 3. The third kappa shape index (κ3) is 2.26. The van der Waals surface area contributed by atoms with Crippen LogP contribution >= 0.6 is 11.3 Å². The summed E-state index contributed by atoms with van der Waals surface area (Å²) in [4.78, 5) is 26.5. The molecule has 0 bridgehead atoms. The van der Waals surface area contributed by atoms with Crippen molar-refractivity contribution in [1.82, 2.24) is 4.90 Å². The molecule has 1 aromatic rings. The van der Waals surface area contributed by atoms with Gasteiger partial charge in [-0.1, -0.05) is 6.92 Å². The number of amides is 1. The fourth-order valence-corrected chi connectivity index (χ4v) is 2.64. The molecule has 2 rings (SSSR count). The standard InChI is InChI=1S/C11H13NO2S/c1-2-9-3-4-10(15-9)7-12-6-8(13)5-11(12)14/h3-4H,2,5-7H2,1H3. The molecular weight excluding hydrogens is 210 g/mol. The molecule has 2 heterocycles. The van der Waals surface area contributed by atoms with Crippen molar-refractivity contribution in [1.29, 1.82) is 0 Å². The molecule has 1 amide bonds. The van der Waals surface area contributed by atoms with E-state index in [0.29, 0.717) is 6.54 Å². The maximum Gasteiger partial charge on any atom is 0.230 e. The number of nitrogens with zero attached hydrogens (tertiary/aromatic N) is 1. The van der Waals surface area contributed by atoms with E-state index < -0.39 is 0 Å². The summed E-state index contributed by atoms with van der Waals surface area (Å²) in [6, 6.07) is 4.13. The van der Waals surface area contributed by atoms with E-state index in [1.807, 2.05) is 6.07 Å². The van der Waals surface area contributed by atoms with Crippen LogP contribution in [0.1, 0.15) is 23.1 Å². The summed E-state index contributed by atoms with van der Waals surface area (Å²) in [5.41, 5.74) is 0. The van der Waals surface area contributed by atoms with Crippen LogP contribution in [0.25, 0.3) is 0 Å². The zero-order valence-electron chi connectivity index (χ0n) is 8.66. The summed E-state index contributed by atoms with van der Waals surface area (Å²) < 4.78 is 0. The maximum absolute atomic E-state index is 11.4. The Morgan fingerprint density at radius 3 is 2.60 bits per heavy atom. The second kappa shape index (κ2) is 4.14. The summed E-state index contributed by atoms with van der Waals surface area (Å²) in [6.07, 6.45) is 1.11. The number of thiophene rings is 1. The van der Waals surface area contributed by atoms with Crippen molar-refractivity contribution in [2.45, 2.75) is 26.3 Å². The minimum absolute atomic E-state index is 0.0345. The van der Waals surface area contributed by atoms with Crippen molar-refractivity contribution >= 4 is 23.0 Å². The van der Waals surface area contributed by atoms with E-state index in [1.54, 1.807) is 16.2 Å². The lowest BCUT2D eigenvalue weighted by molar-refractivity contribution is -0.128. The van der Waals surface area contributed by atoms with Gasteiger partial charge in [-0.15, -0.1) is 11.3 Å². The van der Waals surface area contributed by atoms with Crippen molar-refractivity contribution in [3.63, 3.8) is 0 Å². The predicted octanol–water partition coefficient (Wildman–Crippen LogP) is 1.61. The Morgan fingerprint density at radius 1 is 1.33 bits per heavy atom. The Balaban J connectivity index is 2.02. The largest absolute Gasteiger partial charge is 0.330 e. The summed E-state index contributed by atoms with van der Waals surface area (Å²) in [6.45, 7) is 2.99. The topological polar surface area (TPSA) is 37.4 Å². The second-order valence-corrected chi connectivity index (χ2v) is 4.94. The van der Waals surface area contributed by atoms with Crippen LogP contribution in [-0.4, -0.2) is 23.1 Å². The first-order chi connectivity index (χ1) is 7.19. The van der Waals surface area contributed by atoms with Crippen LogP contribution in [0.2, 0.25) is 0 Å². The van der Waals surface area contributed by atoms with E-state index in [-0.39, 0.29) is 24.7 Å². The molecule has 0 atom stereocenters. The van der Waals surface area contributed by atoms with Gasteiger partial charge in [0.05, 0.1) is 19.5 Å². The van der Waals surface area contributed by atoms with Crippen LogP contribution in [0.3, 0.4) is 0 Å². The van der Waals surface area contributed by atoms with E-state index in [0.717, 1.165) is 11.3 Å². The Morgan fingerprint density at radius 2 is 2.07 bits per heavy atom. The minimum atomic E-state index is -0.0357. The lowest BCUT2D eigenvalue weighted by Gasteiger charge is -2.12. The molecule has 0 spiro atoms. The van der Waals surface area contributed by atoms with Gasteiger partial charge in [0.1, 0.15) is 0 Å². The minimum Gasteiger partial charge on any atom is -0.330 e. The third-order valence-corrected chi connectivity index (χ3v) is 3.70. The molecule has 80 valence electrons. The Kier molecular flexibility index (Phi) is 2.86. The van der Waals surface area contributed by atoms with E-state index >= 15 is 0 Å². The van der Waals surface area contributed by atoms with Crippen molar-refractivity contribution in [3.05, 3.63) is 21.9 Å². The van der Waals surface area contributed by atoms with E-state index in [4.69, 9.17) is 0 Å². The third-order valence-electron chi connectivity index (χ3n) is 2.48. The quantitative estimate of drug-likeness (QED) is 0.730. The lowest BCUT2D eigenvalue weighted by Crippen LogP contribution is -2.24. The van der Waals surface area contributed by atoms with Gasteiger partial charge in [-0.2, -0.15) is 0 Å². The van der Waals surface area contributed by atoms with Crippen LogP contribution in [0, 0.1) is 0 Å². The summed E-state index contributed by atoms with van der Waals surface area (Å²) in [5, 5.41) is 0. The fourth-order valence-electron chi connectivity index (χ4n) is 1.67. The molecule has 0 saturated carbocycles. The number of ketones is 1. The first-order valence-corrected chi connectivity index (χ1v) is 5.87. The van der Waals surface area contributed by atoms with Gasteiger partial charge in [-0.05, 0) is 18.6 Å². The van der Waals surface area contributed by atoms with Crippen molar-refractivity contribution in [2.75, 3.05) is 6.54 Å². The van der Waals surface area contributed by atoms with Crippen LogP contribution in [0.5, 0.6) is 0 Å². The molecule has 0 N–H and O–H groups in total. The molecule has 15 heavy (non-hydrogen) atoms. The van der Waals surface area contributed by atoms with Gasteiger partial charge in [0, 0.05) is 9.75 Å². The molecule has 1 fully saturated rings. The average molecular weight is 223 g/mol. The molecule has 0 aromatic carbocycles. The number of hydrogen-bond acceptors (Lipinski definition) is 3. The maximum atomic E-state index is 11.4. The van der Waals surface area contributed by atoms with Gasteiger partial charge in [-0.25, -0.2) is 0 Å². The second-order valence-electron chi connectivity index (χ2n) is 3.69. The average Bonchev–Trinajstić information content (AvgIpc) is 2.75. The molecule has 3 nitrogen and oxygen atoms in total. The van der Waals surface area contributed by atoms with Gasteiger partial charge < -0.3 is 4.90 Å². The van der Waals surface area contributed by atoms with E-state index in [2.05, 4.69) is 13.0 Å². The highest BCUT2D eigenvalue weighted by Gasteiger charge is 2.27. The van der Waals surface area contributed by atoms with E-state index in [9.17, 15) is 9.59 Å². The van der Waals surface area contributed by atoms with Crippen LogP contribution in [0.15, 0.2) is 12.1 Å². The number of carbonyl (C=O) groups excluding carboxylic acids is 2. The number of likely N-dealkylation sites (tertiary alicyclic amines) is 1. The molecule has 0 unspecified atom stereocenters. The van der Waals surface area contributed by atoms with Gasteiger partial charge >= 0.3 is 0 Å². The monoisotopic (exact) mass is 223 g/mol. The highest BCUT2D eigenvalue weighted by atomic mass is 32.1. The zero-order valence-corrected chi connectivity index (χ0v) is 9.47. The molecule has 4 heteroatoms. The van der Waals surface area contributed by atoms with Crippen molar-refractivity contribution < 1.29 is 9.59 Å². The predicted molar refractivity (Wildman–Crippen MR) is 58.7 cm³/mol. The number of aryl methyl sites for hydroxylation is 1.